The summed E-state index contributed by atoms with van der Waals surface area (Å²) < 4.78 is 10.6. The van der Waals surface area contributed by atoms with Crippen LogP contribution in [0, 0.1) is 0 Å². The second-order valence-corrected chi connectivity index (χ2v) is 9.43. The number of nitrogens with zero attached hydrogens (tertiary/aromatic N) is 5. The van der Waals surface area contributed by atoms with Crippen molar-refractivity contribution in [1.29, 1.82) is 0 Å². The third kappa shape index (κ3) is 7.03. The number of methoxy groups -OCH3 is 2. The molecule has 3 aromatic heterocycles. The summed E-state index contributed by atoms with van der Waals surface area (Å²) in [4.78, 5) is 21.7. The molecular weight excluding hydrogens is 454 g/mol. The van der Waals surface area contributed by atoms with Crippen molar-refractivity contribution in [2.45, 2.75) is 44.4 Å². The SMILES string of the molecule is COCCN(CCOC)Cc1cc(Nc2nc3cccnc3s2)nc(N[C@H]2CC[C@H](O)CC2)n1. The Labute approximate surface area is 203 Å². The number of pyridine rings is 1. The number of anilines is 3. The van der Waals surface area contributed by atoms with Gasteiger partial charge in [-0.15, -0.1) is 0 Å². The van der Waals surface area contributed by atoms with E-state index < -0.39 is 0 Å². The minimum Gasteiger partial charge on any atom is -0.393 e. The van der Waals surface area contributed by atoms with Crippen LogP contribution in [0.25, 0.3) is 10.3 Å². The monoisotopic (exact) mass is 487 g/mol. The first-order chi connectivity index (χ1) is 16.6. The van der Waals surface area contributed by atoms with E-state index in [-0.39, 0.29) is 12.1 Å². The Morgan fingerprint density at radius 1 is 1.09 bits per heavy atom. The van der Waals surface area contributed by atoms with Crippen LogP contribution < -0.4 is 10.6 Å². The minimum atomic E-state index is -0.203. The highest BCUT2D eigenvalue weighted by atomic mass is 32.1. The van der Waals surface area contributed by atoms with E-state index in [9.17, 15) is 5.11 Å². The Balaban J connectivity index is 1.55. The molecule has 3 heterocycles. The van der Waals surface area contributed by atoms with Crippen molar-refractivity contribution < 1.29 is 14.6 Å². The fraction of sp³-hybridized carbons (Fsp3) is 0.565. The minimum absolute atomic E-state index is 0.203. The van der Waals surface area contributed by atoms with Gasteiger partial charge < -0.3 is 25.2 Å². The first-order valence-corrected chi connectivity index (χ1v) is 12.5. The van der Waals surface area contributed by atoms with Crippen molar-refractivity contribution in [3.63, 3.8) is 0 Å². The number of aliphatic hydroxyl groups excluding tert-OH is 1. The first-order valence-electron chi connectivity index (χ1n) is 11.6. The van der Waals surface area contributed by atoms with Crippen molar-refractivity contribution in [1.82, 2.24) is 24.8 Å². The van der Waals surface area contributed by atoms with E-state index in [2.05, 4.69) is 25.5 Å². The number of aliphatic hydroxyl groups is 1. The van der Waals surface area contributed by atoms with Crippen LogP contribution in [0.5, 0.6) is 0 Å². The van der Waals surface area contributed by atoms with Gasteiger partial charge in [0.05, 0.1) is 25.0 Å². The van der Waals surface area contributed by atoms with E-state index >= 15 is 0 Å². The van der Waals surface area contributed by atoms with Crippen molar-refractivity contribution in [3.05, 3.63) is 30.1 Å². The number of ether oxygens (including phenoxy) is 2. The maximum absolute atomic E-state index is 9.84. The number of aromatic nitrogens is 4. The van der Waals surface area contributed by atoms with E-state index in [1.807, 2.05) is 18.2 Å². The van der Waals surface area contributed by atoms with Gasteiger partial charge in [-0.05, 0) is 37.8 Å². The van der Waals surface area contributed by atoms with E-state index in [4.69, 9.17) is 19.4 Å². The lowest BCUT2D eigenvalue weighted by Crippen LogP contribution is -2.31. The summed E-state index contributed by atoms with van der Waals surface area (Å²) in [6, 6.07) is 6.04. The molecule has 0 bridgehead atoms. The molecule has 3 aromatic rings. The second kappa shape index (κ2) is 12.3. The highest BCUT2D eigenvalue weighted by Gasteiger charge is 2.21. The molecular formula is C23H33N7O3S. The smallest absolute Gasteiger partial charge is 0.225 e. The Kier molecular flexibility index (Phi) is 8.94. The summed E-state index contributed by atoms with van der Waals surface area (Å²) in [5.41, 5.74) is 1.75. The van der Waals surface area contributed by atoms with Gasteiger partial charge in [-0.25, -0.2) is 15.0 Å². The maximum Gasteiger partial charge on any atom is 0.225 e. The second-order valence-electron chi connectivity index (χ2n) is 8.45. The summed E-state index contributed by atoms with van der Waals surface area (Å²) >= 11 is 1.49. The molecule has 0 spiro atoms. The van der Waals surface area contributed by atoms with Crippen LogP contribution in [0.3, 0.4) is 0 Å². The molecule has 0 atom stereocenters. The number of nitrogens with one attached hydrogen (secondary N) is 2. The van der Waals surface area contributed by atoms with E-state index in [1.165, 1.54) is 11.3 Å². The molecule has 0 saturated heterocycles. The van der Waals surface area contributed by atoms with Crippen LogP contribution in [0.2, 0.25) is 0 Å². The van der Waals surface area contributed by atoms with Gasteiger partial charge in [0.15, 0.2) is 5.13 Å². The Morgan fingerprint density at radius 2 is 1.85 bits per heavy atom. The van der Waals surface area contributed by atoms with E-state index in [1.54, 1.807) is 20.4 Å². The van der Waals surface area contributed by atoms with Crippen molar-refractivity contribution in [3.8, 4) is 0 Å². The molecule has 3 N–H and O–H groups in total. The van der Waals surface area contributed by atoms with Gasteiger partial charge in [-0.1, -0.05) is 11.3 Å². The Bertz CT molecular complexity index is 1000. The van der Waals surface area contributed by atoms with Crippen molar-refractivity contribution in [2.75, 3.05) is 51.2 Å². The molecule has 1 saturated carbocycles. The maximum atomic E-state index is 9.84. The van der Waals surface area contributed by atoms with E-state index in [0.717, 1.165) is 59.9 Å². The molecule has 0 unspecified atom stereocenters. The molecule has 0 aliphatic heterocycles. The molecule has 10 nitrogen and oxygen atoms in total. The highest BCUT2D eigenvalue weighted by molar-refractivity contribution is 7.21. The zero-order valence-corrected chi connectivity index (χ0v) is 20.6. The number of rotatable bonds is 12. The fourth-order valence-electron chi connectivity index (χ4n) is 3.98. The van der Waals surface area contributed by atoms with Crippen molar-refractivity contribution >= 4 is 38.6 Å². The Hall–Kier alpha value is -2.44. The van der Waals surface area contributed by atoms with Gasteiger partial charge in [-0.3, -0.25) is 4.90 Å². The lowest BCUT2D eigenvalue weighted by Gasteiger charge is -2.26. The number of thiazole rings is 1. The van der Waals surface area contributed by atoms with Gasteiger partial charge in [0, 0.05) is 52.2 Å². The summed E-state index contributed by atoms with van der Waals surface area (Å²) in [5.74, 6) is 1.26. The molecule has 184 valence electrons. The molecule has 4 rings (SSSR count). The molecule has 34 heavy (non-hydrogen) atoms. The summed E-state index contributed by atoms with van der Waals surface area (Å²) in [6.45, 7) is 3.46. The zero-order valence-electron chi connectivity index (χ0n) is 19.7. The third-order valence-electron chi connectivity index (χ3n) is 5.82. The van der Waals surface area contributed by atoms with Crippen LogP contribution in [0.4, 0.5) is 16.9 Å². The lowest BCUT2D eigenvalue weighted by molar-refractivity contribution is 0.109. The lowest BCUT2D eigenvalue weighted by atomic mass is 9.93. The third-order valence-corrected chi connectivity index (χ3v) is 6.71. The van der Waals surface area contributed by atoms with Crippen molar-refractivity contribution in [2.24, 2.45) is 0 Å². The van der Waals surface area contributed by atoms with Gasteiger partial charge >= 0.3 is 0 Å². The average molecular weight is 488 g/mol. The van der Waals surface area contributed by atoms with Gasteiger partial charge in [0.2, 0.25) is 5.95 Å². The van der Waals surface area contributed by atoms with Gasteiger partial charge in [-0.2, -0.15) is 4.98 Å². The molecule has 0 aromatic carbocycles. The highest BCUT2D eigenvalue weighted by Crippen LogP contribution is 2.27. The molecule has 0 amide bonds. The number of hydrogen-bond acceptors (Lipinski definition) is 11. The topological polar surface area (TPSA) is 118 Å². The number of hydrogen-bond donors (Lipinski definition) is 3. The molecule has 0 radical (unpaired) electrons. The van der Waals surface area contributed by atoms with Crippen LogP contribution in [-0.4, -0.2) is 82.6 Å². The average Bonchev–Trinajstić information content (AvgIpc) is 3.24. The zero-order chi connectivity index (χ0) is 23.8. The quantitative estimate of drug-likeness (QED) is 0.352. The van der Waals surface area contributed by atoms with Gasteiger partial charge in [0.25, 0.3) is 0 Å². The van der Waals surface area contributed by atoms with Crippen LogP contribution in [-0.2, 0) is 16.0 Å². The predicted molar refractivity (Wildman–Crippen MR) is 134 cm³/mol. The Morgan fingerprint density at radius 3 is 2.56 bits per heavy atom. The molecule has 1 aliphatic carbocycles. The predicted octanol–water partition coefficient (Wildman–Crippen LogP) is 3.04. The number of fused-ring (bicyclic) bond motifs is 1. The standard InChI is InChI=1S/C23H33N7O3S/c1-32-12-10-30(11-13-33-2)15-17-14-20(29-23-27-19-4-3-9-24-21(19)34-23)28-22(26-17)25-16-5-7-18(31)8-6-16/h3-4,9,14,16,18,31H,5-8,10-13,15H2,1-2H3,(H2,25,26,27,28,29)/t16-,18-. The summed E-state index contributed by atoms with van der Waals surface area (Å²) in [5, 5.41) is 17.4. The van der Waals surface area contributed by atoms with Crippen LogP contribution >= 0.6 is 11.3 Å². The summed E-state index contributed by atoms with van der Waals surface area (Å²) in [6.07, 6.45) is 4.95. The fourth-order valence-corrected chi connectivity index (χ4v) is 4.80. The summed E-state index contributed by atoms with van der Waals surface area (Å²) in [7, 11) is 3.41. The van der Waals surface area contributed by atoms with Crippen LogP contribution in [0.15, 0.2) is 24.4 Å². The molecule has 11 heteroatoms. The molecule has 1 fully saturated rings. The first kappa shape index (κ1) is 24.7. The van der Waals surface area contributed by atoms with Gasteiger partial charge in [0.1, 0.15) is 16.2 Å². The largest absolute Gasteiger partial charge is 0.393 e. The normalized spacial score (nSPS) is 18.5. The van der Waals surface area contributed by atoms with Crippen LogP contribution in [0.1, 0.15) is 31.4 Å². The molecule has 1 aliphatic rings. The van der Waals surface area contributed by atoms with E-state index in [0.29, 0.717) is 31.5 Å².